The first-order valence-electron chi connectivity index (χ1n) is 5.04. The van der Waals surface area contributed by atoms with Crippen LogP contribution in [0.15, 0.2) is 18.2 Å². The van der Waals surface area contributed by atoms with Gasteiger partial charge in [-0.05, 0) is 23.6 Å². The van der Waals surface area contributed by atoms with Crippen LogP contribution in [0.2, 0.25) is 0 Å². The van der Waals surface area contributed by atoms with Gasteiger partial charge in [0.05, 0.1) is 6.61 Å². The Morgan fingerprint density at radius 2 is 2.13 bits per heavy atom. The normalized spacial score (nSPS) is 10.3. The molecule has 0 aliphatic carbocycles. The van der Waals surface area contributed by atoms with Crippen molar-refractivity contribution in [3.05, 3.63) is 35.9 Å². The Kier molecular flexibility index (Phi) is 5.15. The van der Waals surface area contributed by atoms with Crippen molar-refractivity contribution in [2.75, 3.05) is 20.3 Å². The van der Waals surface area contributed by atoms with Crippen LogP contribution in [0.4, 0.5) is 0 Å². The van der Waals surface area contributed by atoms with Gasteiger partial charge in [0.1, 0.15) is 19.0 Å². The monoisotopic (exact) mass is 209 g/mol. The summed E-state index contributed by atoms with van der Waals surface area (Å²) in [7, 11) is 1.64. The molecular formula is C12H17O3. The molecule has 0 unspecified atom stereocenters. The van der Waals surface area contributed by atoms with Gasteiger partial charge >= 0.3 is 0 Å². The van der Waals surface area contributed by atoms with Crippen molar-refractivity contribution in [3.8, 4) is 5.75 Å². The van der Waals surface area contributed by atoms with E-state index in [1.807, 2.05) is 25.1 Å². The zero-order chi connectivity index (χ0) is 11.1. The number of hydrogen-bond acceptors (Lipinski definition) is 3. The Balaban J connectivity index is 2.76. The molecule has 3 heteroatoms. The second kappa shape index (κ2) is 6.43. The first-order valence-corrected chi connectivity index (χ1v) is 5.04. The molecule has 1 aromatic carbocycles. The number of ether oxygens (including phenoxy) is 2. The lowest BCUT2D eigenvalue weighted by Gasteiger charge is -2.12. The molecule has 0 saturated heterocycles. The van der Waals surface area contributed by atoms with Crippen molar-refractivity contribution in [1.82, 2.24) is 0 Å². The van der Waals surface area contributed by atoms with Crippen LogP contribution >= 0.6 is 0 Å². The van der Waals surface area contributed by atoms with Crippen LogP contribution < -0.4 is 4.74 Å². The number of aliphatic hydroxyl groups excluding tert-OH is 1. The van der Waals surface area contributed by atoms with Gasteiger partial charge < -0.3 is 14.6 Å². The van der Waals surface area contributed by atoms with Crippen LogP contribution in [0.3, 0.4) is 0 Å². The third-order valence-electron chi connectivity index (χ3n) is 2.21. The molecule has 3 nitrogen and oxygen atoms in total. The predicted molar refractivity (Wildman–Crippen MR) is 58.5 cm³/mol. The number of hydrogen-bond donors (Lipinski definition) is 1. The molecule has 0 heterocycles. The molecule has 0 saturated carbocycles. The number of benzene rings is 1. The zero-order valence-electron chi connectivity index (χ0n) is 9.19. The highest BCUT2D eigenvalue weighted by Gasteiger charge is 2.06. The highest BCUT2D eigenvalue weighted by atomic mass is 16.5. The van der Waals surface area contributed by atoms with Gasteiger partial charge in [-0.25, -0.2) is 0 Å². The fourth-order valence-corrected chi connectivity index (χ4v) is 1.45. The van der Waals surface area contributed by atoms with Gasteiger partial charge in [0.2, 0.25) is 0 Å². The van der Waals surface area contributed by atoms with E-state index < -0.39 is 0 Å². The Morgan fingerprint density at radius 1 is 1.33 bits per heavy atom. The summed E-state index contributed by atoms with van der Waals surface area (Å²) in [6, 6.07) is 5.63. The van der Waals surface area contributed by atoms with Crippen LogP contribution in [0.1, 0.15) is 18.1 Å². The third kappa shape index (κ3) is 3.22. The molecule has 1 rings (SSSR count). The maximum absolute atomic E-state index is 9.04. The zero-order valence-corrected chi connectivity index (χ0v) is 9.19. The van der Waals surface area contributed by atoms with Gasteiger partial charge in [-0.3, -0.25) is 0 Å². The molecule has 1 N–H and O–H groups in total. The van der Waals surface area contributed by atoms with Crippen molar-refractivity contribution >= 4 is 0 Å². The molecule has 0 spiro atoms. The van der Waals surface area contributed by atoms with E-state index in [-0.39, 0.29) is 0 Å². The Hall–Kier alpha value is -1.06. The summed E-state index contributed by atoms with van der Waals surface area (Å²) in [5.41, 5.74) is 1.84. The molecule has 0 atom stereocenters. The minimum atomic E-state index is 0.526. The van der Waals surface area contributed by atoms with Gasteiger partial charge in [0.15, 0.2) is 0 Å². The summed E-state index contributed by atoms with van der Waals surface area (Å²) in [5, 5.41) is 9.04. The fourth-order valence-electron chi connectivity index (χ4n) is 1.45. The second-order valence-electron chi connectivity index (χ2n) is 3.15. The quantitative estimate of drug-likeness (QED) is 0.730. The molecule has 15 heavy (non-hydrogen) atoms. The van der Waals surface area contributed by atoms with Crippen LogP contribution in [0.25, 0.3) is 0 Å². The Labute approximate surface area is 90.6 Å². The minimum absolute atomic E-state index is 0.526. The smallest absolute Gasteiger partial charge is 0.122 e. The van der Waals surface area contributed by atoms with E-state index in [0.29, 0.717) is 13.2 Å². The van der Waals surface area contributed by atoms with E-state index >= 15 is 0 Å². The average molecular weight is 209 g/mol. The highest BCUT2D eigenvalue weighted by Crippen LogP contribution is 2.23. The molecule has 0 aliphatic rings. The third-order valence-corrected chi connectivity index (χ3v) is 2.21. The predicted octanol–water partition coefficient (Wildman–Crippen LogP) is 2.16. The number of aliphatic hydroxyl groups is 1. The molecule has 0 aliphatic heterocycles. The van der Waals surface area contributed by atoms with Crippen LogP contribution in [-0.2, 0) is 11.2 Å². The molecule has 0 fully saturated rings. The standard InChI is InChI=1S/C12H17O3/c1-3-11-10(9-13)5-4-6-12(11)15-8-7-14-2/h4-6,9,13H,3,7-8H2,1-2H3. The lowest BCUT2D eigenvalue weighted by atomic mass is 10.0. The SMILES string of the molecule is CCc1c([CH]O)cccc1OCCOC. The average Bonchev–Trinajstić information content (AvgIpc) is 2.29. The van der Waals surface area contributed by atoms with E-state index in [1.165, 1.54) is 0 Å². The summed E-state index contributed by atoms with van der Waals surface area (Å²) in [6.45, 7) is 4.24. The van der Waals surface area contributed by atoms with Crippen molar-refractivity contribution in [2.24, 2.45) is 0 Å². The molecule has 1 radical (unpaired) electrons. The summed E-state index contributed by atoms with van der Waals surface area (Å²) >= 11 is 0. The number of rotatable bonds is 6. The maximum atomic E-state index is 9.04. The van der Waals surface area contributed by atoms with E-state index in [1.54, 1.807) is 7.11 Å². The summed E-state index contributed by atoms with van der Waals surface area (Å²) < 4.78 is 10.5. The number of methoxy groups -OCH3 is 1. The van der Waals surface area contributed by atoms with Crippen LogP contribution in [0, 0.1) is 6.61 Å². The van der Waals surface area contributed by atoms with Gasteiger partial charge in [0.25, 0.3) is 0 Å². The largest absolute Gasteiger partial charge is 0.491 e. The second-order valence-corrected chi connectivity index (χ2v) is 3.15. The highest BCUT2D eigenvalue weighted by molar-refractivity contribution is 5.42. The molecular weight excluding hydrogens is 192 g/mol. The van der Waals surface area contributed by atoms with Crippen molar-refractivity contribution in [1.29, 1.82) is 0 Å². The summed E-state index contributed by atoms with van der Waals surface area (Å²) in [6.07, 6.45) is 0.829. The van der Waals surface area contributed by atoms with Gasteiger partial charge in [-0.15, -0.1) is 0 Å². The molecule has 0 bridgehead atoms. The van der Waals surface area contributed by atoms with E-state index in [0.717, 1.165) is 29.9 Å². The van der Waals surface area contributed by atoms with E-state index in [9.17, 15) is 0 Å². The fraction of sp³-hybridized carbons (Fsp3) is 0.417. The molecule has 83 valence electrons. The van der Waals surface area contributed by atoms with Crippen molar-refractivity contribution in [2.45, 2.75) is 13.3 Å². The maximum Gasteiger partial charge on any atom is 0.122 e. The van der Waals surface area contributed by atoms with Gasteiger partial charge in [-0.2, -0.15) is 0 Å². The van der Waals surface area contributed by atoms with E-state index in [4.69, 9.17) is 14.6 Å². The van der Waals surface area contributed by atoms with Gasteiger partial charge in [0, 0.05) is 7.11 Å². The van der Waals surface area contributed by atoms with Gasteiger partial charge in [-0.1, -0.05) is 19.1 Å². The lowest BCUT2D eigenvalue weighted by Crippen LogP contribution is -2.06. The Morgan fingerprint density at radius 3 is 2.73 bits per heavy atom. The molecule has 0 aromatic heterocycles. The van der Waals surface area contributed by atoms with Crippen molar-refractivity contribution < 1.29 is 14.6 Å². The molecule has 0 amide bonds. The van der Waals surface area contributed by atoms with Crippen molar-refractivity contribution in [3.63, 3.8) is 0 Å². The van der Waals surface area contributed by atoms with E-state index in [2.05, 4.69) is 0 Å². The first-order chi connectivity index (χ1) is 7.33. The lowest BCUT2D eigenvalue weighted by molar-refractivity contribution is 0.145. The summed E-state index contributed by atoms with van der Waals surface area (Å²) in [4.78, 5) is 0. The minimum Gasteiger partial charge on any atom is -0.491 e. The first kappa shape index (κ1) is 12.0. The summed E-state index contributed by atoms with van der Waals surface area (Å²) in [5.74, 6) is 0.817. The van der Waals surface area contributed by atoms with Crippen LogP contribution in [-0.4, -0.2) is 25.4 Å². The van der Waals surface area contributed by atoms with Crippen LogP contribution in [0.5, 0.6) is 5.75 Å². The Bertz CT molecular complexity index is 297. The topological polar surface area (TPSA) is 38.7 Å². The molecule has 1 aromatic rings.